The quantitative estimate of drug-likeness (QED) is 0.321. The van der Waals surface area contributed by atoms with Gasteiger partial charge in [0.15, 0.2) is 0 Å². The Bertz CT molecular complexity index is 915. The Balaban J connectivity index is 1.62. The first-order valence-corrected chi connectivity index (χ1v) is 8.75. The molecule has 1 amide bonds. The summed E-state index contributed by atoms with van der Waals surface area (Å²) in [7, 11) is 0. The van der Waals surface area contributed by atoms with Gasteiger partial charge in [-0.05, 0) is 40.3 Å². The lowest BCUT2D eigenvalue weighted by molar-refractivity contribution is -0.131. The molecule has 6 heteroatoms. The summed E-state index contributed by atoms with van der Waals surface area (Å²) in [6.07, 6.45) is 1.60. The minimum Gasteiger partial charge on any atom is -0.427 e. The summed E-state index contributed by atoms with van der Waals surface area (Å²) in [6, 6.07) is 18.6. The lowest BCUT2D eigenvalue weighted by atomic mass is 10.0. The molecule has 0 bridgehead atoms. The number of ether oxygens (including phenoxy) is 1. The zero-order chi connectivity index (χ0) is 18.4. The van der Waals surface area contributed by atoms with Crippen molar-refractivity contribution in [2.45, 2.75) is 6.92 Å². The maximum absolute atomic E-state index is 11.8. The van der Waals surface area contributed by atoms with Gasteiger partial charge in [0.25, 0.3) is 5.91 Å². The van der Waals surface area contributed by atoms with Crippen LogP contribution in [0.15, 0.2) is 71.1 Å². The molecule has 130 valence electrons. The van der Waals surface area contributed by atoms with Gasteiger partial charge in [-0.15, -0.1) is 11.3 Å². The Morgan fingerprint density at radius 2 is 1.65 bits per heavy atom. The molecule has 2 aromatic carbocycles. The van der Waals surface area contributed by atoms with Crippen molar-refractivity contribution in [3.8, 4) is 16.9 Å². The van der Waals surface area contributed by atoms with Crippen LogP contribution in [0.25, 0.3) is 11.1 Å². The molecule has 0 spiro atoms. The van der Waals surface area contributed by atoms with Crippen LogP contribution in [0.2, 0.25) is 0 Å². The second-order valence-corrected chi connectivity index (χ2v) is 6.36. The number of nitrogens with one attached hydrogen (secondary N) is 1. The van der Waals surface area contributed by atoms with E-state index in [-0.39, 0.29) is 11.9 Å². The van der Waals surface area contributed by atoms with Crippen LogP contribution in [0.1, 0.15) is 22.2 Å². The van der Waals surface area contributed by atoms with Gasteiger partial charge in [-0.2, -0.15) is 5.10 Å². The number of hydrazone groups is 1. The molecule has 0 atom stereocenters. The van der Waals surface area contributed by atoms with Crippen LogP contribution in [-0.2, 0) is 4.79 Å². The third-order valence-corrected chi connectivity index (χ3v) is 4.35. The predicted molar refractivity (Wildman–Crippen MR) is 103 cm³/mol. The van der Waals surface area contributed by atoms with Crippen molar-refractivity contribution in [3.05, 3.63) is 76.5 Å². The lowest BCUT2D eigenvalue weighted by Crippen LogP contribution is -2.16. The van der Waals surface area contributed by atoms with E-state index in [1.54, 1.807) is 24.4 Å². The fraction of sp³-hybridized carbons (Fsp3) is 0.0500. The van der Waals surface area contributed by atoms with E-state index in [1.807, 2.05) is 47.8 Å². The monoisotopic (exact) mass is 364 g/mol. The van der Waals surface area contributed by atoms with Gasteiger partial charge >= 0.3 is 5.97 Å². The van der Waals surface area contributed by atoms with Gasteiger partial charge in [-0.3, -0.25) is 9.59 Å². The van der Waals surface area contributed by atoms with Crippen molar-refractivity contribution in [2.24, 2.45) is 5.10 Å². The molecule has 0 aliphatic heterocycles. The van der Waals surface area contributed by atoms with Gasteiger partial charge in [0, 0.05) is 6.92 Å². The first kappa shape index (κ1) is 17.6. The second-order valence-electron chi connectivity index (χ2n) is 5.42. The molecule has 0 aliphatic carbocycles. The topological polar surface area (TPSA) is 67.8 Å². The van der Waals surface area contributed by atoms with Crippen LogP contribution in [0, 0.1) is 0 Å². The summed E-state index contributed by atoms with van der Waals surface area (Å²) in [4.78, 5) is 23.3. The van der Waals surface area contributed by atoms with Crippen molar-refractivity contribution >= 4 is 29.4 Å². The fourth-order valence-electron chi connectivity index (χ4n) is 2.27. The van der Waals surface area contributed by atoms with Crippen molar-refractivity contribution < 1.29 is 14.3 Å². The van der Waals surface area contributed by atoms with E-state index in [1.165, 1.54) is 18.3 Å². The molecule has 0 radical (unpaired) electrons. The molecule has 1 heterocycles. The Hall–Kier alpha value is -3.25. The van der Waals surface area contributed by atoms with Crippen LogP contribution in [-0.4, -0.2) is 18.1 Å². The van der Waals surface area contributed by atoms with E-state index in [4.69, 9.17) is 4.74 Å². The largest absolute Gasteiger partial charge is 0.427 e. The molecule has 26 heavy (non-hydrogen) atoms. The van der Waals surface area contributed by atoms with Gasteiger partial charge in [-0.25, -0.2) is 5.43 Å². The Kier molecular flexibility index (Phi) is 5.56. The smallest absolute Gasteiger partial charge is 0.308 e. The van der Waals surface area contributed by atoms with E-state index >= 15 is 0 Å². The van der Waals surface area contributed by atoms with Crippen LogP contribution >= 0.6 is 11.3 Å². The number of hydrogen-bond donors (Lipinski definition) is 1. The third-order valence-electron chi connectivity index (χ3n) is 3.48. The standard InChI is InChI=1S/C20H16N2O3S/c1-14(23)25-18-10-8-17(9-11-18)16-6-4-15(5-7-16)13-21-22-20(24)19-3-2-12-26-19/h2-13H,1H3,(H,22,24). The summed E-state index contributed by atoms with van der Waals surface area (Å²) < 4.78 is 5.02. The molecule has 1 N–H and O–H groups in total. The van der Waals surface area contributed by atoms with Crippen molar-refractivity contribution in [2.75, 3.05) is 0 Å². The molecule has 1 aromatic heterocycles. The number of nitrogens with zero attached hydrogens (tertiary/aromatic N) is 1. The Morgan fingerprint density at radius 3 is 2.23 bits per heavy atom. The molecule has 0 aliphatic rings. The van der Waals surface area contributed by atoms with Gasteiger partial charge in [0.1, 0.15) is 5.75 Å². The molecular formula is C20H16N2O3S. The average Bonchev–Trinajstić information content (AvgIpc) is 3.17. The number of rotatable bonds is 5. The SMILES string of the molecule is CC(=O)Oc1ccc(-c2ccc(C=NNC(=O)c3cccs3)cc2)cc1. The van der Waals surface area contributed by atoms with Crippen LogP contribution in [0.4, 0.5) is 0 Å². The average molecular weight is 364 g/mol. The number of hydrogen-bond acceptors (Lipinski definition) is 5. The number of amides is 1. The highest BCUT2D eigenvalue weighted by atomic mass is 32.1. The van der Waals surface area contributed by atoms with Crippen LogP contribution < -0.4 is 10.2 Å². The zero-order valence-electron chi connectivity index (χ0n) is 14.0. The van der Waals surface area contributed by atoms with Crippen LogP contribution in [0.5, 0.6) is 5.75 Å². The maximum atomic E-state index is 11.8. The number of carbonyl (C=O) groups is 2. The number of benzene rings is 2. The molecule has 3 aromatic rings. The second kappa shape index (κ2) is 8.22. The molecule has 0 fully saturated rings. The van der Waals surface area contributed by atoms with Gasteiger partial charge in [0.2, 0.25) is 0 Å². The molecule has 5 nitrogen and oxygen atoms in total. The van der Waals surface area contributed by atoms with Crippen LogP contribution in [0.3, 0.4) is 0 Å². The summed E-state index contributed by atoms with van der Waals surface area (Å²) >= 11 is 1.37. The third kappa shape index (κ3) is 4.64. The van der Waals surface area contributed by atoms with Crippen molar-refractivity contribution in [3.63, 3.8) is 0 Å². The number of esters is 1. The molecule has 0 saturated heterocycles. The number of thiophene rings is 1. The van der Waals surface area contributed by atoms with Gasteiger partial charge in [-0.1, -0.05) is 42.5 Å². The van der Waals surface area contributed by atoms with E-state index < -0.39 is 0 Å². The summed E-state index contributed by atoms with van der Waals surface area (Å²) in [5, 5.41) is 5.82. The summed E-state index contributed by atoms with van der Waals surface area (Å²) in [6.45, 7) is 1.37. The molecule has 0 saturated carbocycles. The van der Waals surface area contributed by atoms with E-state index in [0.29, 0.717) is 10.6 Å². The first-order chi connectivity index (χ1) is 12.6. The fourth-order valence-corrected chi connectivity index (χ4v) is 2.88. The van der Waals surface area contributed by atoms with Gasteiger partial charge in [0.05, 0.1) is 11.1 Å². The maximum Gasteiger partial charge on any atom is 0.308 e. The Labute approximate surface area is 154 Å². The highest BCUT2D eigenvalue weighted by Crippen LogP contribution is 2.22. The number of carbonyl (C=O) groups excluding carboxylic acids is 2. The van der Waals surface area contributed by atoms with Gasteiger partial charge < -0.3 is 4.74 Å². The van der Waals surface area contributed by atoms with E-state index in [9.17, 15) is 9.59 Å². The normalized spacial score (nSPS) is 10.7. The van der Waals surface area contributed by atoms with E-state index in [2.05, 4.69) is 10.5 Å². The first-order valence-electron chi connectivity index (χ1n) is 7.87. The van der Waals surface area contributed by atoms with E-state index in [0.717, 1.165) is 16.7 Å². The van der Waals surface area contributed by atoms with Crippen molar-refractivity contribution in [1.29, 1.82) is 0 Å². The zero-order valence-corrected chi connectivity index (χ0v) is 14.8. The predicted octanol–water partition coefficient (Wildman–Crippen LogP) is 4.10. The summed E-state index contributed by atoms with van der Waals surface area (Å²) in [5.41, 5.74) is 5.41. The minimum atomic E-state index is -0.340. The molecular weight excluding hydrogens is 348 g/mol. The molecule has 0 unspecified atom stereocenters. The minimum absolute atomic E-state index is 0.222. The Morgan fingerprint density at radius 1 is 1.00 bits per heavy atom. The highest BCUT2D eigenvalue weighted by molar-refractivity contribution is 7.12. The molecule has 3 rings (SSSR count). The highest BCUT2D eigenvalue weighted by Gasteiger charge is 2.04. The summed E-state index contributed by atoms with van der Waals surface area (Å²) in [5.74, 6) is -0.0419. The lowest BCUT2D eigenvalue weighted by Gasteiger charge is -2.05. The van der Waals surface area contributed by atoms with Crippen molar-refractivity contribution in [1.82, 2.24) is 5.43 Å².